The Morgan fingerprint density at radius 2 is 2.29 bits per heavy atom. The van der Waals surface area contributed by atoms with Crippen molar-refractivity contribution in [2.45, 2.75) is 32.2 Å². The maximum Gasteiger partial charge on any atom is 0.260 e. The lowest BCUT2D eigenvalue weighted by molar-refractivity contribution is 0.0550. The summed E-state index contributed by atoms with van der Waals surface area (Å²) in [6, 6.07) is 4.40. The van der Waals surface area contributed by atoms with E-state index in [0.717, 1.165) is 19.3 Å². The van der Waals surface area contributed by atoms with Crippen LogP contribution < -0.4 is 10.5 Å². The molecule has 1 heterocycles. The van der Waals surface area contributed by atoms with Gasteiger partial charge in [0.2, 0.25) is 0 Å². The third-order valence-corrected chi connectivity index (χ3v) is 4.34. The normalized spacial score (nSPS) is 22.2. The Balaban J connectivity index is 2.27. The van der Waals surface area contributed by atoms with Crippen LogP contribution in [0.5, 0.6) is 5.75 Å². The first-order valence-electron chi connectivity index (χ1n) is 7.45. The minimum Gasteiger partial charge on any atom is -0.496 e. The third kappa shape index (κ3) is 3.18. The van der Waals surface area contributed by atoms with E-state index >= 15 is 0 Å². The number of benzene rings is 1. The smallest absolute Gasteiger partial charge is 0.260 e. The van der Waals surface area contributed by atoms with E-state index in [1.165, 1.54) is 19.2 Å². The van der Waals surface area contributed by atoms with Crippen LogP contribution in [0.15, 0.2) is 18.2 Å². The first kappa shape index (κ1) is 15.8. The molecule has 1 aliphatic heterocycles. The van der Waals surface area contributed by atoms with E-state index in [2.05, 4.69) is 6.92 Å². The van der Waals surface area contributed by atoms with Gasteiger partial charge in [-0.2, -0.15) is 0 Å². The van der Waals surface area contributed by atoms with E-state index in [4.69, 9.17) is 10.5 Å². The van der Waals surface area contributed by atoms with Gasteiger partial charge < -0.3 is 15.4 Å². The highest BCUT2D eigenvalue weighted by atomic mass is 19.1. The van der Waals surface area contributed by atoms with Gasteiger partial charge in [0.05, 0.1) is 7.11 Å². The predicted molar refractivity (Wildman–Crippen MR) is 79.8 cm³/mol. The van der Waals surface area contributed by atoms with Crippen molar-refractivity contribution in [1.82, 2.24) is 4.90 Å². The van der Waals surface area contributed by atoms with E-state index in [1.807, 2.05) is 0 Å². The molecule has 2 N–H and O–H groups in total. The summed E-state index contributed by atoms with van der Waals surface area (Å²) in [5.74, 6) is -0.0128. The molecule has 2 rings (SSSR count). The highest BCUT2D eigenvalue weighted by molar-refractivity contribution is 5.97. The molecule has 0 bridgehead atoms. The van der Waals surface area contributed by atoms with E-state index in [-0.39, 0.29) is 23.3 Å². The number of piperidine rings is 1. The SMILES string of the molecule is CCC1CCN(C(=O)c2c(F)cccc2OC)C(CN)C1. The Morgan fingerprint density at radius 1 is 1.52 bits per heavy atom. The van der Waals surface area contributed by atoms with Crippen molar-refractivity contribution >= 4 is 5.91 Å². The van der Waals surface area contributed by atoms with Crippen LogP contribution in [0, 0.1) is 11.7 Å². The number of halogens is 1. The van der Waals surface area contributed by atoms with Crippen molar-refractivity contribution in [3.63, 3.8) is 0 Å². The van der Waals surface area contributed by atoms with Gasteiger partial charge in [-0.05, 0) is 30.9 Å². The summed E-state index contributed by atoms with van der Waals surface area (Å²) in [5.41, 5.74) is 5.82. The van der Waals surface area contributed by atoms with Crippen LogP contribution in [-0.2, 0) is 0 Å². The lowest BCUT2D eigenvalue weighted by Gasteiger charge is -2.39. The molecule has 1 aromatic rings. The molecule has 4 nitrogen and oxygen atoms in total. The number of carbonyl (C=O) groups is 1. The minimum absolute atomic E-state index is 0.00778. The van der Waals surface area contributed by atoms with Crippen LogP contribution in [0.4, 0.5) is 4.39 Å². The van der Waals surface area contributed by atoms with E-state index in [0.29, 0.717) is 19.0 Å². The molecule has 1 saturated heterocycles. The van der Waals surface area contributed by atoms with Crippen molar-refractivity contribution in [2.75, 3.05) is 20.2 Å². The first-order valence-corrected chi connectivity index (χ1v) is 7.45. The first-order chi connectivity index (χ1) is 10.1. The second-order valence-corrected chi connectivity index (χ2v) is 5.50. The van der Waals surface area contributed by atoms with Crippen molar-refractivity contribution < 1.29 is 13.9 Å². The largest absolute Gasteiger partial charge is 0.496 e. The van der Waals surface area contributed by atoms with Crippen LogP contribution in [0.1, 0.15) is 36.5 Å². The van der Waals surface area contributed by atoms with Gasteiger partial charge in [0.25, 0.3) is 5.91 Å². The molecule has 1 fully saturated rings. The molecule has 0 aromatic heterocycles. The molecular weight excluding hydrogens is 271 g/mol. The lowest BCUT2D eigenvalue weighted by Crippen LogP contribution is -2.49. The number of hydrogen-bond donors (Lipinski definition) is 1. The second kappa shape index (κ2) is 6.89. The van der Waals surface area contributed by atoms with E-state index in [9.17, 15) is 9.18 Å². The number of nitrogens with zero attached hydrogens (tertiary/aromatic N) is 1. The second-order valence-electron chi connectivity index (χ2n) is 5.50. The number of methoxy groups -OCH3 is 1. The average Bonchev–Trinajstić information content (AvgIpc) is 2.53. The van der Waals surface area contributed by atoms with Crippen LogP contribution in [0.25, 0.3) is 0 Å². The summed E-state index contributed by atoms with van der Waals surface area (Å²) in [7, 11) is 1.44. The van der Waals surface area contributed by atoms with Crippen molar-refractivity contribution in [2.24, 2.45) is 11.7 Å². The van der Waals surface area contributed by atoms with Crippen LogP contribution in [-0.4, -0.2) is 37.0 Å². The summed E-state index contributed by atoms with van der Waals surface area (Å²) >= 11 is 0. The lowest BCUT2D eigenvalue weighted by atomic mass is 9.88. The van der Waals surface area contributed by atoms with Gasteiger partial charge in [-0.1, -0.05) is 19.4 Å². The van der Waals surface area contributed by atoms with Gasteiger partial charge in [0, 0.05) is 19.1 Å². The van der Waals surface area contributed by atoms with Gasteiger partial charge in [0.15, 0.2) is 0 Å². The molecule has 0 aliphatic carbocycles. The molecule has 5 heteroatoms. The summed E-state index contributed by atoms with van der Waals surface area (Å²) in [5, 5.41) is 0. The van der Waals surface area contributed by atoms with Gasteiger partial charge in [-0.3, -0.25) is 4.79 Å². The maximum atomic E-state index is 14.1. The van der Waals surface area contributed by atoms with Crippen molar-refractivity contribution in [1.29, 1.82) is 0 Å². The monoisotopic (exact) mass is 294 g/mol. The molecule has 0 saturated carbocycles. The number of ether oxygens (including phenoxy) is 1. The number of nitrogens with two attached hydrogens (primary N) is 1. The molecule has 0 radical (unpaired) electrons. The Bertz CT molecular complexity index is 507. The van der Waals surface area contributed by atoms with Crippen LogP contribution in [0.2, 0.25) is 0 Å². The number of carbonyl (C=O) groups excluding carboxylic acids is 1. The maximum absolute atomic E-state index is 14.1. The molecule has 0 spiro atoms. The zero-order chi connectivity index (χ0) is 15.4. The molecule has 116 valence electrons. The minimum atomic E-state index is -0.548. The highest BCUT2D eigenvalue weighted by Gasteiger charge is 2.33. The fourth-order valence-corrected chi connectivity index (χ4v) is 3.02. The molecule has 2 unspecified atom stereocenters. The summed E-state index contributed by atoms with van der Waals surface area (Å²) < 4.78 is 19.2. The zero-order valence-corrected chi connectivity index (χ0v) is 12.6. The van der Waals surface area contributed by atoms with Crippen molar-refractivity contribution in [3.05, 3.63) is 29.6 Å². The van der Waals surface area contributed by atoms with Gasteiger partial charge in [0.1, 0.15) is 17.1 Å². The number of hydrogen-bond acceptors (Lipinski definition) is 3. The quantitative estimate of drug-likeness (QED) is 0.928. The Morgan fingerprint density at radius 3 is 2.90 bits per heavy atom. The number of rotatable bonds is 4. The Labute approximate surface area is 125 Å². The van der Waals surface area contributed by atoms with Gasteiger partial charge in [-0.25, -0.2) is 4.39 Å². The predicted octanol–water partition coefficient (Wildman–Crippen LogP) is 2.42. The summed E-state index contributed by atoms with van der Waals surface area (Å²) in [6.07, 6.45) is 2.91. The van der Waals surface area contributed by atoms with Crippen LogP contribution >= 0.6 is 0 Å². The molecule has 1 aliphatic rings. The topological polar surface area (TPSA) is 55.6 Å². The molecule has 1 amide bonds. The molecule has 21 heavy (non-hydrogen) atoms. The third-order valence-electron chi connectivity index (χ3n) is 4.34. The average molecular weight is 294 g/mol. The fourth-order valence-electron chi connectivity index (χ4n) is 3.02. The van der Waals surface area contributed by atoms with Gasteiger partial charge in [-0.15, -0.1) is 0 Å². The highest BCUT2D eigenvalue weighted by Crippen LogP contribution is 2.29. The summed E-state index contributed by atoms with van der Waals surface area (Å²) in [4.78, 5) is 14.4. The van der Waals surface area contributed by atoms with E-state index < -0.39 is 5.82 Å². The number of likely N-dealkylation sites (tertiary alicyclic amines) is 1. The molecule has 2 atom stereocenters. The Kier molecular flexibility index (Phi) is 5.17. The van der Waals surface area contributed by atoms with E-state index in [1.54, 1.807) is 11.0 Å². The zero-order valence-electron chi connectivity index (χ0n) is 12.6. The molecular formula is C16H23FN2O2. The summed E-state index contributed by atoms with van der Waals surface area (Å²) in [6.45, 7) is 3.17. The number of amides is 1. The fraction of sp³-hybridized carbons (Fsp3) is 0.562. The Hall–Kier alpha value is -1.62. The van der Waals surface area contributed by atoms with Crippen LogP contribution in [0.3, 0.4) is 0 Å². The molecule has 1 aromatic carbocycles. The standard InChI is InChI=1S/C16H23FN2O2/c1-3-11-7-8-19(12(9-11)10-18)16(20)15-13(17)5-4-6-14(15)21-2/h4-6,11-12H,3,7-10,18H2,1-2H3. The van der Waals surface area contributed by atoms with Crippen molar-refractivity contribution in [3.8, 4) is 5.75 Å². The van der Waals surface area contributed by atoms with Gasteiger partial charge >= 0.3 is 0 Å².